The molecule has 0 aliphatic carbocycles. The molecule has 1 rings (SSSR count). The van der Waals surface area contributed by atoms with Gasteiger partial charge in [-0.05, 0) is 29.9 Å². The number of rotatable bonds is 4. The fraction of sp³-hybridized carbons (Fsp3) is 0.579. The Morgan fingerprint density at radius 1 is 0.958 bits per heavy atom. The van der Waals surface area contributed by atoms with Crippen molar-refractivity contribution >= 4 is 11.8 Å². The molecule has 2 amide bonds. The van der Waals surface area contributed by atoms with Crippen LogP contribution < -0.4 is 10.6 Å². The Morgan fingerprint density at radius 3 is 1.79 bits per heavy atom. The molecule has 0 heterocycles. The van der Waals surface area contributed by atoms with Gasteiger partial charge < -0.3 is 15.7 Å². The van der Waals surface area contributed by atoms with Crippen molar-refractivity contribution in [1.82, 2.24) is 10.6 Å². The second-order valence-electron chi connectivity index (χ2n) is 8.06. The van der Waals surface area contributed by atoms with E-state index < -0.39 is 0 Å². The van der Waals surface area contributed by atoms with Gasteiger partial charge in [0, 0.05) is 23.2 Å². The number of aromatic hydroxyl groups is 1. The van der Waals surface area contributed by atoms with Crippen LogP contribution in [0, 0.1) is 0 Å². The molecular weight excluding hydrogens is 304 g/mol. The topological polar surface area (TPSA) is 78.4 Å². The van der Waals surface area contributed by atoms with E-state index in [0.29, 0.717) is 12.1 Å². The SMILES string of the molecule is CCNC(=O)CNC(=O)c1cc(C(C)(C)C)c(O)c(C(C)(C)C)c1. The van der Waals surface area contributed by atoms with Crippen LogP contribution in [0.5, 0.6) is 5.75 Å². The maximum Gasteiger partial charge on any atom is 0.251 e. The summed E-state index contributed by atoms with van der Waals surface area (Å²) in [5.74, 6) is -0.316. The first-order valence-corrected chi connectivity index (χ1v) is 8.30. The first-order chi connectivity index (χ1) is 10.9. The van der Waals surface area contributed by atoms with Crippen LogP contribution >= 0.6 is 0 Å². The zero-order chi connectivity index (χ0) is 18.7. The van der Waals surface area contributed by atoms with Crippen LogP contribution in [-0.2, 0) is 15.6 Å². The van der Waals surface area contributed by atoms with E-state index in [1.807, 2.05) is 48.5 Å². The number of carbonyl (C=O) groups excluding carboxylic acids is 2. The quantitative estimate of drug-likeness (QED) is 0.792. The van der Waals surface area contributed by atoms with Gasteiger partial charge in [0.05, 0.1) is 6.54 Å². The van der Waals surface area contributed by atoms with Gasteiger partial charge in [-0.3, -0.25) is 9.59 Å². The Morgan fingerprint density at radius 2 is 1.42 bits per heavy atom. The number of benzene rings is 1. The van der Waals surface area contributed by atoms with Crippen molar-refractivity contribution in [3.63, 3.8) is 0 Å². The predicted molar refractivity (Wildman–Crippen MR) is 96.5 cm³/mol. The summed E-state index contributed by atoms with van der Waals surface area (Å²) >= 11 is 0. The highest BCUT2D eigenvalue weighted by Gasteiger charge is 2.27. The van der Waals surface area contributed by atoms with Crippen LogP contribution in [0.2, 0.25) is 0 Å². The number of carbonyl (C=O) groups is 2. The van der Waals surface area contributed by atoms with Gasteiger partial charge in [-0.1, -0.05) is 41.5 Å². The van der Waals surface area contributed by atoms with E-state index in [2.05, 4.69) is 10.6 Å². The minimum atomic E-state index is -0.322. The lowest BCUT2D eigenvalue weighted by Gasteiger charge is -2.28. The van der Waals surface area contributed by atoms with E-state index in [0.717, 1.165) is 11.1 Å². The molecule has 0 aliphatic heterocycles. The summed E-state index contributed by atoms with van der Waals surface area (Å²) in [6.07, 6.45) is 0. The van der Waals surface area contributed by atoms with Crippen molar-refractivity contribution in [1.29, 1.82) is 0 Å². The van der Waals surface area contributed by atoms with Crippen molar-refractivity contribution in [2.24, 2.45) is 0 Å². The van der Waals surface area contributed by atoms with Crippen molar-refractivity contribution in [3.05, 3.63) is 28.8 Å². The Balaban J connectivity index is 3.24. The molecule has 5 nitrogen and oxygen atoms in total. The van der Waals surface area contributed by atoms with Gasteiger partial charge in [-0.25, -0.2) is 0 Å². The van der Waals surface area contributed by atoms with Crippen LogP contribution in [0.1, 0.15) is 70.0 Å². The third-order valence-electron chi connectivity index (χ3n) is 3.77. The van der Waals surface area contributed by atoms with Crippen molar-refractivity contribution in [2.45, 2.75) is 59.3 Å². The molecule has 5 heteroatoms. The largest absolute Gasteiger partial charge is 0.507 e. The molecule has 1 aromatic rings. The standard InChI is InChI=1S/C19H30N2O3/c1-8-20-15(22)11-21-17(24)12-9-13(18(2,3)4)16(23)14(10-12)19(5,6)7/h9-10,23H,8,11H2,1-7H3,(H,20,22)(H,21,24). The lowest BCUT2D eigenvalue weighted by Crippen LogP contribution is -2.37. The molecule has 0 saturated heterocycles. The monoisotopic (exact) mass is 334 g/mol. The summed E-state index contributed by atoms with van der Waals surface area (Å²) in [6, 6.07) is 3.41. The van der Waals surface area contributed by atoms with E-state index in [9.17, 15) is 14.7 Å². The average Bonchev–Trinajstić information content (AvgIpc) is 2.42. The maximum atomic E-state index is 12.5. The molecule has 3 N–H and O–H groups in total. The Kier molecular flexibility index (Phi) is 6.04. The molecule has 0 bridgehead atoms. The van der Waals surface area contributed by atoms with E-state index in [1.165, 1.54) is 0 Å². The second kappa shape index (κ2) is 7.24. The number of nitrogens with one attached hydrogen (secondary N) is 2. The molecule has 134 valence electrons. The summed E-state index contributed by atoms with van der Waals surface area (Å²) in [5.41, 5.74) is 1.28. The van der Waals surface area contributed by atoms with E-state index in [-0.39, 0.29) is 34.9 Å². The van der Waals surface area contributed by atoms with Crippen LogP contribution in [-0.4, -0.2) is 30.0 Å². The maximum absolute atomic E-state index is 12.5. The lowest BCUT2D eigenvalue weighted by molar-refractivity contribution is -0.120. The van der Waals surface area contributed by atoms with E-state index >= 15 is 0 Å². The van der Waals surface area contributed by atoms with Crippen LogP contribution in [0.15, 0.2) is 12.1 Å². The summed E-state index contributed by atoms with van der Waals surface area (Å²) in [5, 5.41) is 15.9. The fourth-order valence-electron chi connectivity index (χ4n) is 2.43. The fourth-order valence-corrected chi connectivity index (χ4v) is 2.43. The number of amides is 2. The van der Waals surface area contributed by atoms with Crippen LogP contribution in [0.25, 0.3) is 0 Å². The molecule has 0 aromatic heterocycles. The molecular formula is C19H30N2O3. The molecule has 0 fully saturated rings. The Labute approximate surface area is 144 Å². The highest BCUT2D eigenvalue weighted by Crippen LogP contribution is 2.39. The van der Waals surface area contributed by atoms with Gasteiger partial charge >= 0.3 is 0 Å². The van der Waals surface area contributed by atoms with Gasteiger partial charge in [0.15, 0.2) is 0 Å². The van der Waals surface area contributed by atoms with E-state index in [1.54, 1.807) is 12.1 Å². The molecule has 0 radical (unpaired) electrons. The summed E-state index contributed by atoms with van der Waals surface area (Å²) in [7, 11) is 0. The molecule has 0 unspecified atom stereocenters. The minimum Gasteiger partial charge on any atom is -0.507 e. The van der Waals surface area contributed by atoms with Crippen LogP contribution in [0.3, 0.4) is 0 Å². The zero-order valence-electron chi connectivity index (χ0n) is 15.8. The number of phenols is 1. The minimum absolute atomic E-state index is 0.0662. The molecule has 0 saturated carbocycles. The Hall–Kier alpha value is -2.04. The van der Waals surface area contributed by atoms with Crippen molar-refractivity contribution in [3.8, 4) is 5.75 Å². The average molecular weight is 334 g/mol. The Bertz CT molecular complexity index is 587. The van der Waals surface area contributed by atoms with Gasteiger partial charge in [0.25, 0.3) is 5.91 Å². The second-order valence-corrected chi connectivity index (χ2v) is 8.06. The number of hydrogen-bond donors (Lipinski definition) is 3. The van der Waals surface area contributed by atoms with Gasteiger partial charge in [0.1, 0.15) is 5.75 Å². The lowest BCUT2D eigenvalue weighted by atomic mass is 9.78. The third kappa shape index (κ3) is 4.98. The first-order valence-electron chi connectivity index (χ1n) is 8.30. The molecule has 0 spiro atoms. The third-order valence-corrected chi connectivity index (χ3v) is 3.77. The predicted octanol–water partition coefficient (Wildman–Crippen LogP) is 2.85. The molecule has 24 heavy (non-hydrogen) atoms. The van der Waals surface area contributed by atoms with E-state index in [4.69, 9.17) is 0 Å². The highest BCUT2D eigenvalue weighted by molar-refractivity contribution is 5.97. The smallest absolute Gasteiger partial charge is 0.251 e. The molecule has 0 aliphatic rings. The van der Waals surface area contributed by atoms with Gasteiger partial charge in [-0.15, -0.1) is 0 Å². The molecule has 0 atom stereocenters. The van der Waals surface area contributed by atoms with Crippen molar-refractivity contribution in [2.75, 3.05) is 13.1 Å². The normalized spacial score (nSPS) is 12.0. The highest BCUT2D eigenvalue weighted by atomic mass is 16.3. The first kappa shape index (κ1) is 20.0. The number of phenolic OH excluding ortho intramolecular Hbond substituents is 1. The summed E-state index contributed by atoms with van der Waals surface area (Å²) in [4.78, 5) is 24.0. The number of hydrogen-bond acceptors (Lipinski definition) is 3. The van der Waals surface area contributed by atoms with Gasteiger partial charge in [-0.2, -0.15) is 0 Å². The zero-order valence-corrected chi connectivity index (χ0v) is 15.8. The summed E-state index contributed by atoms with van der Waals surface area (Å²) in [6.45, 7) is 14.2. The van der Waals surface area contributed by atoms with Crippen molar-refractivity contribution < 1.29 is 14.7 Å². The summed E-state index contributed by atoms with van der Waals surface area (Å²) < 4.78 is 0. The molecule has 1 aromatic carbocycles. The van der Waals surface area contributed by atoms with Gasteiger partial charge in [0.2, 0.25) is 5.91 Å². The number of likely N-dealkylation sites (N-methyl/N-ethyl adjacent to an activating group) is 1. The van der Waals surface area contributed by atoms with Crippen LogP contribution in [0.4, 0.5) is 0 Å².